The molecule has 2 rings (SSSR count). The Morgan fingerprint density at radius 3 is 2.54 bits per heavy atom. The summed E-state index contributed by atoms with van der Waals surface area (Å²) in [5, 5.41) is 0. The van der Waals surface area contributed by atoms with Gasteiger partial charge in [-0.1, -0.05) is 19.3 Å². The van der Waals surface area contributed by atoms with Crippen LogP contribution >= 0.6 is 0 Å². The number of nitrogens with two attached hydrogens (primary N) is 1. The predicted molar refractivity (Wildman–Crippen MR) is 53.5 cm³/mol. The number of ether oxygens (including phenoxy) is 1. The van der Waals surface area contributed by atoms with Gasteiger partial charge in [0, 0.05) is 18.6 Å². The second-order valence-electron chi connectivity index (χ2n) is 4.70. The first kappa shape index (κ1) is 9.47. The minimum absolute atomic E-state index is 0.362. The van der Waals surface area contributed by atoms with Gasteiger partial charge in [0.15, 0.2) is 0 Å². The lowest BCUT2D eigenvalue weighted by Crippen LogP contribution is -2.39. The summed E-state index contributed by atoms with van der Waals surface area (Å²) in [4.78, 5) is 0. The van der Waals surface area contributed by atoms with Crippen molar-refractivity contribution in [2.45, 2.75) is 38.5 Å². The van der Waals surface area contributed by atoms with E-state index in [1.807, 2.05) is 0 Å². The number of hydrogen-bond acceptors (Lipinski definition) is 2. The molecular formula is C11H21NO. The molecule has 2 nitrogen and oxygen atoms in total. The van der Waals surface area contributed by atoms with Crippen LogP contribution in [0.15, 0.2) is 0 Å². The Morgan fingerprint density at radius 1 is 1.23 bits per heavy atom. The summed E-state index contributed by atoms with van der Waals surface area (Å²) in [7, 11) is 0. The highest BCUT2D eigenvalue weighted by Crippen LogP contribution is 2.43. The lowest BCUT2D eigenvalue weighted by atomic mass is 9.68. The molecule has 0 spiro atoms. The molecule has 1 unspecified atom stereocenters. The summed E-state index contributed by atoms with van der Waals surface area (Å²) in [6, 6.07) is 0. The summed E-state index contributed by atoms with van der Waals surface area (Å²) in [6.45, 7) is 2.69. The third-order valence-corrected chi connectivity index (χ3v) is 4.01. The molecular weight excluding hydrogens is 162 g/mol. The van der Waals surface area contributed by atoms with Crippen molar-refractivity contribution < 1.29 is 4.74 Å². The summed E-state index contributed by atoms with van der Waals surface area (Å²) in [6.07, 6.45) is 8.23. The van der Waals surface area contributed by atoms with E-state index in [1.165, 1.54) is 38.5 Å². The zero-order valence-corrected chi connectivity index (χ0v) is 8.43. The molecule has 0 aromatic carbocycles. The third-order valence-electron chi connectivity index (χ3n) is 4.01. The van der Waals surface area contributed by atoms with Crippen molar-refractivity contribution in [2.24, 2.45) is 17.1 Å². The van der Waals surface area contributed by atoms with Crippen LogP contribution in [-0.4, -0.2) is 19.8 Å². The van der Waals surface area contributed by atoms with Gasteiger partial charge in [0.2, 0.25) is 0 Å². The molecule has 13 heavy (non-hydrogen) atoms. The Hall–Kier alpha value is -0.0800. The Bertz CT molecular complexity index is 157. The van der Waals surface area contributed by atoms with Crippen LogP contribution in [0, 0.1) is 11.3 Å². The highest BCUT2D eigenvalue weighted by atomic mass is 16.5. The van der Waals surface area contributed by atoms with E-state index in [1.54, 1.807) is 0 Å². The molecule has 2 aliphatic rings. The van der Waals surface area contributed by atoms with Crippen molar-refractivity contribution in [3.8, 4) is 0 Å². The fourth-order valence-electron chi connectivity index (χ4n) is 2.99. The molecule has 1 saturated carbocycles. The van der Waals surface area contributed by atoms with Gasteiger partial charge in [0.25, 0.3) is 0 Å². The molecule has 2 heteroatoms. The van der Waals surface area contributed by atoms with E-state index in [4.69, 9.17) is 10.5 Å². The first-order valence-electron chi connectivity index (χ1n) is 5.65. The Morgan fingerprint density at radius 2 is 2.00 bits per heavy atom. The monoisotopic (exact) mass is 183 g/mol. The van der Waals surface area contributed by atoms with Gasteiger partial charge in [0.1, 0.15) is 0 Å². The predicted octanol–water partition coefficient (Wildman–Crippen LogP) is 1.93. The van der Waals surface area contributed by atoms with Crippen molar-refractivity contribution in [3.63, 3.8) is 0 Å². The fourth-order valence-corrected chi connectivity index (χ4v) is 2.99. The summed E-state index contributed by atoms with van der Waals surface area (Å²) < 4.78 is 5.52. The van der Waals surface area contributed by atoms with E-state index in [9.17, 15) is 0 Å². The molecule has 1 aliphatic heterocycles. The van der Waals surface area contributed by atoms with Crippen molar-refractivity contribution in [1.82, 2.24) is 0 Å². The molecule has 0 aromatic heterocycles. The van der Waals surface area contributed by atoms with Crippen LogP contribution in [-0.2, 0) is 4.74 Å². The molecule has 0 amide bonds. The van der Waals surface area contributed by atoms with E-state index in [0.717, 1.165) is 25.7 Å². The van der Waals surface area contributed by atoms with Crippen molar-refractivity contribution >= 4 is 0 Å². The van der Waals surface area contributed by atoms with Gasteiger partial charge in [-0.3, -0.25) is 0 Å². The largest absolute Gasteiger partial charge is 0.381 e. The number of rotatable bonds is 2. The van der Waals surface area contributed by atoms with E-state index in [-0.39, 0.29) is 0 Å². The van der Waals surface area contributed by atoms with Gasteiger partial charge in [-0.2, -0.15) is 0 Å². The Balaban J connectivity index is 2.01. The van der Waals surface area contributed by atoms with Gasteiger partial charge >= 0.3 is 0 Å². The first-order valence-corrected chi connectivity index (χ1v) is 5.65. The number of hydrogen-bond donors (Lipinski definition) is 1. The Labute approximate surface area is 80.8 Å². The van der Waals surface area contributed by atoms with E-state index in [2.05, 4.69) is 0 Å². The summed E-state index contributed by atoms with van der Waals surface area (Å²) >= 11 is 0. The second kappa shape index (κ2) is 3.97. The molecule has 0 bridgehead atoms. The molecule has 0 radical (unpaired) electrons. The SMILES string of the molecule is NCC1(C2CCCCC2)CCOC1. The van der Waals surface area contributed by atoms with Crippen LogP contribution in [0.1, 0.15) is 38.5 Å². The van der Waals surface area contributed by atoms with Gasteiger partial charge in [-0.25, -0.2) is 0 Å². The molecule has 1 aliphatic carbocycles. The highest BCUT2D eigenvalue weighted by Gasteiger charge is 2.41. The molecule has 1 atom stereocenters. The Kier molecular flexibility index (Phi) is 2.89. The maximum Gasteiger partial charge on any atom is 0.0538 e. The molecule has 1 saturated heterocycles. The van der Waals surface area contributed by atoms with Crippen LogP contribution in [0.2, 0.25) is 0 Å². The van der Waals surface area contributed by atoms with Crippen LogP contribution < -0.4 is 5.73 Å². The second-order valence-corrected chi connectivity index (χ2v) is 4.70. The van der Waals surface area contributed by atoms with Gasteiger partial charge in [0.05, 0.1) is 6.61 Å². The van der Waals surface area contributed by atoms with Crippen LogP contribution in [0.5, 0.6) is 0 Å². The average molecular weight is 183 g/mol. The maximum absolute atomic E-state index is 5.92. The highest BCUT2D eigenvalue weighted by molar-refractivity contribution is 4.91. The maximum atomic E-state index is 5.92. The van der Waals surface area contributed by atoms with Crippen LogP contribution in [0.4, 0.5) is 0 Å². The topological polar surface area (TPSA) is 35.2 Å². The van der Waals surface area contributed by atoms with E-state index in [0.29, 0.717) is 5.41 Å². The molecule has 76 valence electrons. The summed E-state index contributed by atoms with van der Waals surface area (Å²) in [5.41, 5.74) is 6.28. The van der Waals surface area contributed by atoms with Crippen LogP contribution in [0.3, 0.4) is 0 Å². The van der Waals surface area contributed by atoms with Crippen molar-refractivity contribution in [1.29, 1.82) is 0 Å². The first-order chi connectivity index (χ1) is 6.37. The van der Waals surface area contributed by atoms with Gasteiger partial charge in [-0.05, 0) is 25.2 Å². The minimum Gasteiger partial charge on any atom is -0.381 e. The summed E-state index contributed by atoms with van der Waals surface area (Å²) in [5.74, 6) is 0.855. The van der Waals surface area contributed by atoms with Gasteiger partial charge in [-0.15, -0.1) is 0 Å². The molecule has 2 fully saturated rings. The average Bonchev–Trinajstić information content (AvgIpc) is 2.69. The van der Waals surface area contributed by atoms with Crippen molar-refractivity contribution in [2.75, 3.05) is 19.8 Å². The van der Waals surface area contributed by atoms with Crippen molar-refractivity contribution in [3.05, 3.63) is 0 Å². The normalized spacial score (nSPS) is 36.7. The standard InChI is InChI=1S/C11H21NO/c12-8-11(6-7-13-9-11)10-4-2-1-3-5-10/h10H,1-9,12H2. The zero-order chi connectivity index (χ0) is 9.15. The molecule has 0 aromatic rings. The van der Waals surface area contributed by atoms with E-state index >= 15 is 0 Å². The van der Waals surface area contributed by atoms with Gasteiger partial charge < -0.3 is 10.5 Å². The van der Waals surface area contributed by atoms with E-state index < -0.39 is 0 Å². The smallest absolute Gasteiger partial charge is 0.0538 e. The fraction of sp³-hybridized carbons (Fsp3) is 1.00. The lowest BCUT2D eigenvalue weighted by molar-refractivity contribution is 0.0898. The molecule has 1 heterocycles. The van der Waals surface area contributed by atoms with Crippen LogP contribution in [0.25, 0.3) is 0 Å². The quantitative estimate of drug-likeness (QED) is 0.710. The zero-order valence-electron chi connectivity index (χ0n) is 8.43. The lowest BCUT2D eigenvalue weighted by Gasteiger charge is -2.37. The third kappa shape index (κ3) is 1.75. The minimum atomic E-state index is 0.362. The molecule has 2 N–H and O–H groups in total.